The van der Waals surface area contributed by atoms with Crippen molar-refractivity contribution in [1.29, 1.82) is 0 Å². The van der Waals surface area contributed by atoms with Gasteiger partial charge in [0, 0.05) is 6.54 Å². The zero-order valence-electron chi connectivity index (χ0n) is 10.1. The predicted octanol–water partition coefficient (Wildman–Crippen LogP) is 0.0381. The van der Waals surface area contributed by atoms with Crippen LogP contribution in [0.4, 0.5) is 4.39 Å². The Morgan fingerprint density at radius 3 is 2.61 bits per heavy atom. The first-order valence-electron chi connectivity index (χ1n) is 5.96. The van der Waals surface area contributed by atoms with Crippen molar-refractivity contribution in [3.05, 3.63) is 26.7 Å². The van der Waals surface area contributed by atoms with E-state index in [2.05, 4.69) is 4.90 Å². The minimum atomic E-state index is -1.32. The van der Waals surface area contributed by atoms with Gasteiger partial charge in [0.05, 0.1) is 6.04 Å². The van der Waals surface area contributed by atoms with E-state index in [4.69, 9.17) is 0 Å². The normalized spacial score (nSPS) is 18.1. The highest BCUT2D eigenvalue weighted by atomic mass is 19.1. The van der Waals surface area contributed by atoms with Crippen molar-refractivity contribution in [3.63, 3.8) is 0 Å². The average Bonchev–Trinajstić information content (AvgIpc) is 2.78. The monoisotopic (exact) mass is 257 g/mol. The SMILES string of the molecule is CC(CN1CCCC1)n1c(O)c(F)c(=O)[nH]c1=O. The van der Waals surface area contributed by atoms with Gasteiger partial charge in [-0.1, -0.05) is 0 Å². The molecule has 1 saturated heterocycles. The fraction of sp³-hybridized carbons (Fsp3) is 0.636. The second-order valence-corrected chi connectivity index (χ2v) is 4.62. The molecular formula is C11H16FN3O3. The molecule has 1 aliphatic heterocycles. The lowest BCUT2D eigenvalue weighted by atomic mass is 10.3. The molecule has 1 unspecified atom stereocenters. The summed E-state index contributed by atoms with van der Waals surface area (Å²) in [4.78, 5) is 26.5. The fourth-order valence-corrected chi connectivity index (χ4v) is 2.35. The van der Waals surface area contributed by atoms with Crippen LogP contribution in [0.25, 0.3) is 0 Å². The molecule has 2 heterocycles. The van der Waals surface area contributed by atoms with Gasteiger partial charge in [0.15, 0.2) is 0 Å². The minimum absolute atomic E-state index is 0.401. The number of likely N-dealkylation sites (tertiary alicyclic amines) is 1. The van der Waals surface area contributed by atoms with Gasteiger partial charge >= 0.3 is 5.69 Å². The lowest BCUT2D eigenvalue weighted by molar-refractivity contribution is 0.259. The topological polar surface area (TPSA) is 78.3 Å². The van der Waals surface area contributed by atoms with Gasteiger partial charge in [-0.3, -0.25) is 14.3 Å². The second-order valence-electron chi connectivity index (χ2n) is 4.62. The molecular weight excluding hydrogens is 241 g/mol. The molecule has 1 aliphatic rings. The Hall–Kier alpha value is -1.63. The summed E-state index contributed by atoms with van der Waals surface area (Å²) < 4.78 is 14.2. The zero-order chi connectivity index (χ0) is 13.3. The lowest BCUT2D eigenvalue weighted by Gasteiger charge is -2.22. The van der Waals surface area contributed by atoms with Crippen LogP contribution in [0.2, 0.25) is 0 Å². The van der Waals surface area contributed by atoms with Gasteiger partial charge in [-0.05, 0) is 32.9 Å². The molecule has 1 fully saturated rings. The third-order valence-electron chi connectivity index (χ3n) is 3.23. The van der Waals surface area contributed by atoms with Crippen molar-refractivity contribution in [2.45, 2.75) is 25.8 Å². The maximum atomic E-state index is 13.3. The van der Waals surface area contributed by atoms with E-state index in [0.29, 0.717) is 6.54 Å². The Kier molecular flexibility index (Phi) is 3.51. The first-order chi connectivity index (χ1) is 8.50. The fourth-order valence-electron chi connectivity index (χ4n) is 2.35. The Morgan fingerprint density at radius 1 is 1.39 bits per heavy atom. The first kappa shape index (κ1) is 12.8. The van der Waals surface area contributed by atoms with Crippen LogP contribution in [0, 0.1) is 5.82 Å². The number of hydrogen-bond acceptors (Lipinski definition) is 4. The summed E-state index contributed by atoms with van der Waals surface area (Å²) in [6.07, 6.45) is 2.21. The number of halogens is 1. The van der Waals surface area contributed by atoms with Crippen LogP contribution < -0.4 is 11.2 Å². The molecule has 7 heteroatoms. The molecule has 0 aromatic carbocycles. The highest BCUT2D eigenvalue weighted by molar-refractivity contribution is 5.10. The molecule has 2 rings (SSSR count). The molecule has 0 aliphatic carbocycles. The first-order valence-corrected chi connectivity index (χ1v) is 5.96. The summed E-state index contributed by atoms with van der Waals surface area (Å²) in [6.45, 7) is 4.12. The summed E-state index contributed by atoms with van der Waals surface area (Å²) in [5.74, 6) is -2.21. The van der Waals surface area contributed by atoms with Crippen molar-refractivity contribution in [3.8, 4) is 5.88 Å². The highest BCUT2D eigenvalue weighted by Crippen LogP contribution is 2.17. The summed E-state index contributed by atoms with van der Waals surface area (Å²) in [5, 5.41) is 9.55. The van der Waals surface area contributed by atoms with Crippen LogP contribution in [0.1, 0.15) is 25.8 Å². The van der Waals surface area contributed by atoms with E-state index in [1.807, 2.05) is 4.98 Å². The molecule has 0 radical (unpaired) electrons. The Balaban J connectivity index is 2.29. The van der Waals surface area contributed by atoms with Gasteiger partial charge in [0.25, 0.3) is 5.56 Å². The van der Waals surface area contributed by atoms with Crippen molar-refractivity contribution in [2.75, 3.05) is 19.6 Å². The molecule has 0 spiro atoms. The Labute approximate surface area is 103 Å². The third kappa shape index (κ3) is 2.31. The molecule has 2 N–H and O–H groups in total. The smallest absolute Gasteiger partial charge is 0.331 e. The number of aromatic nitrogens is 2. The van der Waals surface area contributed by atoms with Gasteiger partial charge in [0.2, 0.25) is 11.7 Å². The van der Waals surface area contributed by atoms with E-state index in [1.54, 1.807) is 6.92 Å². The van der Waals surface area contributed by atoms with Gasteiger partial charge in [-0.15, -0.1) is 0 Å². The lowest BCUT2D eigenvalue weighted by Crippen LogP contribution is -2.37. The summed E-state index contributed by atoms with van der Waals surface area (Å²) in [7, 11) is 0. The molecule has 0 amide bonds. The summed E-state index contributed by atoms with van der Waals surface area (Å²) >= 11 is 0. The number of aromatic hydroxyl groups is 1. The number of hydrogen-bond donors (Lipinski definition) is 2. The highest BCUT2D eigenvalue weighted by Gasteiger charge is 2.21. The third-order valence-corrected chi connectivity index (χ3v) is 3.23. The maximum Gasteiger partial charge on any atom is 0.331 e. The Bertz CT molecular complexity index is 545. The van der Waals surface area contributed by atoms with Gasteiger partial charge in [0.1, 0.15) is 0 Å². The van der Waals surface area contributed by atoms with Gasteiger partial charge < -0.3 is 10.0 Å². The van der Waals surface area contributed by atoms with Crippen molar-refractivity contribution in [2.24, 2.45) is 0 Å². The van der Waals surface area contributed by atoms with E-state index in [1.165, 1.54) is 0 Å². The molecule has 1 aromatic rings. The molecule has 1 aromatic heterocycles. The molecule has 100 valence electrons. The number of nitrogens with one attached hydrogen (secondary N) is 1. The standard InChI is InChI=1S/C11H16FN3O3/c1-7(6-14-4-2-3-5-14)15-10(17)8(12)9(16)13-11(15)18/h7,17H,2-6H2,1H3,(H,13,16,18). The average molecular weight is 257 g/mol. The molecule has 0 bridgehead atoms. The van der Waals surface area contributed by atoms with Crippen molar-refractivity contribution >= 4 is 0 Å². The predicted molar refractivity (Wildman–Crippen MR) is 63.3 cm³/mol. The number of nitrogens with zero attached hydrogens (tertiary/aromatic N) is 2. The minimum Gasteiger partial charge on any atom is -0.492 e. The van der Waals surface area contributed by atoms with Crippen LogP contribution in [0.5, 0.6) is 5.88 Å². The molecule has 6 nitrogen and oxygen atoms in total. The molecule has 1 atom stereocenters. The Morgan fingerprint density at radius 2 is 2.00 bits per heavy atom. The maximum absolute atomic E-state index is 13.3. The largest absolute Gasteiger partial charge is 0.492 e. The van der Waals surface area contributed by atoms with Crippen LogP contribution in [-0.2, 0) is 0 Å². The molecule has 0 saturated carbocycles. The summed E-state index contributed by atoms with van der Waals surface area (Å²) in [5.41, 5.74) is -1.98. The summed E-state index contributed by atoms with van der Waals surface area (Å²) in [6, 6.07) is -0.401. The number of H-pyrrole nitrogens is 1. The van der Waals surface area contributed by atoms with Crippen molar-refractivity contribution < 1.29 is 9.50 Å². The van der Waals surface area contributed by atoms with Crippen LogP contribution in [0.15, 0.2) is 9.59 Å². The van der Waals surface area contributed by atoms with E-state index in [9.17, 15) is 19.1 Å². The number of aromatic amines is 1. The van der Waals surface area contributed by atoms with Crippen LogP contribution in [0.3, 0.4) is 0 Å². The van der Waals surface area contributed by atoms with E-state index >= 15 is 0 Å². The quantitative estimate of drug-likeness (QED) is 0.801. The zero-order valence-corrected chi connectivity index (χ0v) is 10.1. The van der Waals surface area contributed by atoms with E-state index in [-0.39, 0.29) is 0 Å². The second kappa shape index (κ2) is 4.93. The van der Waals surface area contributed by atoms with E-state index in [0.717, 1.165) is 30.5 Å². The van der Waals surface area contributed by atoms with Crippen LogP contribution >= 0.6 is 0 Å². The molecule has 18 heavy (non-hydrogen) atoms. The van der Waals surface area contributed by atoms with E-state index < -0.39 is 29.0 Å². The van der Waals surface area contributed by atoms with Gasteiger partial charge in [-0.25, -0.2) is 4.79 Å². The number of rotatable bonds is 3. The van der Waals surface area contributed by atoms with Crippen LogP contribution in [-0.4, -0.2) is 39.2 Å². The van der Waals surface area contributed by atoms with Crippen molar-refractivity contribution in [1.82, 2.24) is 14.5 Å². The van der Waals surface area contributed by atoms with Gasteiger partial charge in [-0.2, -0.15) is 4.39 Å².